The van der Waals surface area contributed by atoms with Crippen molar-refractivity contribution in [3.05, 3.63) is 52.2 Å². The number of anilines is 1. The number of nitrogens with one attached hydrogen (secondary N) is 2. The van der Waals surface area contributed by atoms with Crippen molar-refractivity contribution in [1.29, 1.82) is 0 Å². The van der Waals surface area contributed by atoms with E-state index >= 15 is 0 Å². The average Bonchev–Trinajstić information content (AvgIpc) is 3.01. The van der Waals surface area contributed by atoms with Crippen LogP contribution in [0.3, 0.4) is 0 Å². The molecule has 0 aliphatic carbocycles. The van der Waals surface area contributed by atoms with Gasteiger partial charge in [0.05, 0.1) is 6.21 Å². The van der Waals surface area contributed by atoms with Crippen LogP contribution in [0, 0.1) is 0 Å². The lowest BCUT2D eigenvalue weighted by Crippen LogP contribution is -2.32. The van der Waals surface area contributed by atoms with Crippen LogP contribution >= 0.6 is 11.3 Å². The SMILES string of the molecule is CCc1ccccc1NC(=O)C(=O)NN=Cc1cccs1. The van der Waals surface area contributed by atoms with Gasteiger partial charge in [0.1, 0.15) is 0 Å². The molecule has 2 N–H and O–H groups in total. The summed E-state index contributed by atoms with van der Waals surface area (Å²) in [6, 6.07) is 11.1. The average molecular weight is 301 g/mol. The molecule has 0 bridgehead atoms. The van der Waals surface area contributed by atoms with E-state index in [9.17, 15) is 9.59 Å². The lowest BCUT2D eigenvalue weighted by molar-refractivity contribution is -0.136. The van der Waals surface area contributed by atoms with Gasteiger partial charge in [-0.15, -0.1) is 11.3 Å². The number of rotatable bonds is 4. The van der Waals surface area contributed by atoms with E-state index in [0.717, 1.165) is 16.9 Å². The molecule has 108 valence electrons. The summed E-state index contributed by atoms with van der Waals surface area (Å²) in [4.78, 5) is 24.3. The third kappa shape index (κ3) is 4.25. The molecule has 6 heteroatoms. The molecular formula is C15H15N3O2S. The molecule has 2 rings (SSSR count). The zero-order valence-corrected chi connectivity index (χ0v) is 12.3. The Hall–Kier alpha value is -2.47. The number of benzene rings is 1. The van der Waals surface area contributed by atoms with Crippen LogP contribution in [0.4, 0.5) is 5.69 Å². The third-order valence-corrected chi connectivity index (χ3v) is 3.56. The van der Waals surface area contributed by atoms with Gasteiger partial charge in [0.2, 0.25) is 0 Å². The molecule has 0 aliphatic rings. The highest BCUT2D eigenvalue weighted by Crippen LogP contribution is 2.15. The first-order chi connectivity index (χ1) is 10.2. The minimum absolute atomic E-state index is 0.641. The van der Waals surface area contributed by atoms with E-state index in [-0.39, 0.29) is 0 Å². The van der Waals surface area contributed by atoms with Gasteiger partial charge in [-0.1, -0.05) is 31.2 Å². The van der Waals surface area contributed by atoms with Crippen molar-refractivity contribution in [2.45, 2.75) is 13.3 Å². The van der Waals surface area contributed by atoms with Crippen molar-refractivity contribution in [3.63, 3.8) is 0 Å². The molecule has 5 nitrogen and oxygen atoms in total. The number of hydrazone groups is 1. The Morgan fingerprint density at radius 3 is 2.71 bits per heavy atom. The molecule has 0 unspecified atom stereocenters. The van der Waals surface area contributed by atoms with Crippen LogP contribution in [-0.4, -0.2) is 18.0 Å². The first-order valence-corrected chi connectivity index (χ1v) is 7.34. The molecule has 21 heavy (non-hydrogen) atoms. The number of nitrogens with zero attached hydrogens (tertiary/aromatic N) is 1. The van der Waals surface area contributed by atoms with Gasteiger partial charge in [-0.3, -0.25) is 9.59 Å². The molecule has 0 fully saturated rings. The van der Waals surface area contributed by atoms with Gasteiger partial charge < -0.3 is 5.32 Å². The zero-order chi connectivity index (χ0) is 15.1. The van der Waals surface area contributed by atoms with Crippen LogP contribution in [-0.2, 0) is 16.0 Å². The lowest BCUT2D eigenvalue weighted by atomic mass is 10.1. The van der Waals surface area contributed by atoms with E-state index < -0.39 is 11.8 Å². The Bertz CT molecular complexity index is 651. The van der Waals surface area contributed by atoms with E-state index in [4.69, 9.17) is 0 Å². The molecule has 2 amide bonds. The van der Waals surface area contributed by atoms with Crippen molar-refractivity contribution < 1.29 is 9.59 Å². The molecule has 0 radical (unpaired) electrons. The van der Waals surface area contributed by atoms with Crippen molar-refractivity contribution in [3.8, 4) is 0 Å². The second-order valence-corrected chi connectivity index (χ2v) is 5.16. The first-order valence-electron chi connectivity index (χ1n) is 6.46. The van der Waals surface area contributed by atoms with Gasteiger partial charge in [0.15, 0.2) is 0 Å². The lowest BCUT2D eigenvalue weighted by Gasteiger charge is -2.08. The molecule has 2 aromatic rings. The van der Waals surface area contributed by atoms with Crippen LogP contribution in [0.5, 0.6) is 0 Å². The fraction of sp³-hybridized carbons (Fsp3) is 0.133. The predicted octanol–water partition coefficient (Wildman–Crippen LogP) is 2.40. The van der Waals surface area contributed by atoms with E-state index in [1.54, 1.807) is 6.07 Å². The van der Waals surface area contributed by atoms with Gasteiger partial charge in [-0.05, 0) is 29.5 Å². The summed E-state index contributed by atoms with van der Waals surface area (Å²) in [6.45, 7) is 1.98. The molecule has 1 heterocycles. The topological polar surface area (TPSA) is 70.6 Å². The highest BCUT2D eigenvalue weighted by molar-refractivity contribution is 7.11. The van der Waals surface area contributed by atoms with Crippen LogP contribution < -0.4 is 10.7 Å². The molecule has 0 saturated carbocycles. The minimum Gasteiger partial charge on any atom is -0.317 e. The minimum atomic E-state index is -0.797. The van der Waals surface area contributed by atoms with E-state index in [1.807, 2.05) is 42.6 Å². The number of aryl methyl sites for hydroxylation is 1. The molecule has 0 aliphatic heterocycles. The summed E-state index contributed by atoms with van der Waals surface area (Å²) in [5.41, 5.74) is 3.82. The number of amides is 2. The summed E-state index contributed by atoms with van der Waals surface area (Å²) in [5.74, 6) is -1.53. The Morgan fingerprint density at radius 1 is 1.19 bits per heavy atom. The summed E-state index contributed by atoms with van der Waals surface area (Å²) < 4.78 is 0. The van der Waals surface area contributed by atoms with Crippen molar-refractivity contribution in [2.75, 3.05) is 5.32 Å². The van der Waals surface area contributed by atoms with Crippen LogP contribution in [0.2, 0.25) is 0 Å². The van der Waals surface area contributed by atoms with Crippen LogP contribution in [0.15, 0.2) is 46.9 Å². The second-order valence-electron chi connectivity index (χ2n) is 4.18. The molecule has 0 atom stereocenters. The molecule has 1 aromatic heterocycles. The van der Waals surface area contributed by atoms with Gasteiger partial charge >= 0.3 is 11.8 Å². The highest BCUT2D eigenvalue weighted by atomic mass is 32.1. The van der Waals surface area contributed by atoms with Crippen LogP contribution in [0.1, 0.15) is 17.4 Å². The van der Waals surface area contributed by atoms with Crippen molar-refractivity contribution in [1.82, 2.24) is 5.43 Å². The largest absolute Gasteiger partial charge is 0.329 e. The Morgan fingerprint density at radius 2 is 2.00 bits per heavy atom. The Kier molecular flexibility index (Phi) is 5.22. The number of carbonyl (C=O) groups excluding carboxylic acids is 2. The van der Waals surface area contributed by atoms with Crippen molar-refractivity contribution in [2.24, 2.45) is 5.10 Å². The maximum atomic E-state index is 11.8. The Labute approximate surface area is 126 Å². The summed E-state index contributed by atoms with van der Waals surface area (Å²) >= 11 is 1.49. The summed E-state index contributed by atoms with van der Waals surface area (Å²) in [5, 5.41) is 8.23. The summed E-state index contributed by atoms with van der Waals surface area (Å²) in [6.07, 6.45) is 2.27. The summed E-state index contributed by atoms with van der Waals surface area (Å²) in [7, 11) is 0. The standard InChI is InChI=1S/C15H15N3O2S/c1-2-11-6-3-4-8-13(11)17-14(19)15(20)18-16-10-12-7-5-9-21-12/h3-10H,2H2,1H3,(H,17,19)(H,18,20). The smallest absolute Gasteiger partial charge is 0.317 e. The molecular weight excluding hydrogens is 286 g/mol. The fourth-order valence-corrected chi connectivity index (χ4v) is 2.28. The monoisotopic (exact) mass is 301 g/mol. The molecule has 1 aromatic carbocycles. The maximum Gasteiger partial charge on any atom is 0.329 e. The van der Waals surface area contributed by atoms with Gasteiger partial charge in [-0.2, -0.15) is 5.10 Å². The number of thiophene rings is 1. The normalized spacial score (nSPS) is 10.5. The number of hydrogen-bond donors (Lipinski definition) is 2. The quantitative estimate of drug-likeness (QED) is 0.517. The van der Waals surface area contributed by atoms with E-state index in [1.165, 1.54) is 17.6 Å². The molecule has 0 spiro atoms. The first kappa shape index (κ1) is 14.9. The van der Waals surface area contributed by atoms with E-state index in [0.29, 0.717) is 5.69 Å². The van der Waals surface area contributed by atoms with Crippen molar-refractivity contribution >= 4 is 35.1 Å². The fourth-order valence-electron chi connectivity index (χ4n) is 1.70. The molecule has 0 saturated heterocycles. The van der Waals surface area contributed by atoms with Crippen LogP contribution in [0.25, 0.3) is 0 Å². The number of carbonyl (C=O) groups is 2. The number of hydrogen-bond acceptors (Lipinski definition) is 4. The predicted molar refractivity (Wildman–Crippen MR) is 84.5 cm³/mol. The maximum absolute atomic E-state index is 11.8. The zero-order valence-electron chi connectivity index (χ0n) is 11.5. The van der Waals surface area contributed by atoms with Gasteiger partial charge in [-0.25, -0.2) is 5.43 Å². The third-order valence-electron chi connectivity index (χ3n) is 2.75. The van der Waals surface area contributed by atoms with E-state index in [2.05, 4.69) is 15.8 Å². The Balaban J connectivity index is 1.92. The second kappa shape index (κ2) is 7.35. The number of para-hydroxylation sites is 1. The highest BCUT2D eigenvalue weighted by Gasteiger charge is 2.14. The van der Waals surface area contributed by atoms with Gasteiger partial charge in [0, 0.05) is 10.6 Å². The van der Waals surface area contributed by atoms with Gasteiger partial charge in [0.25, 0.3) is 0 Å².